The Labute approximate surface area is 108 Å². The fourth-order valence-electron chi connectivity index (χ4n) is 3.11. The van der Waals surface area contributed by atoms with E-state index < -0.39 is 0 Å². The highest BCUT2D eigenvalue weighted by Crippen LogP contribution is 2.37. The van der Waals surface area contributed by atoms with Crippen molar-refractivity contribution in [1.29, 1.82) is 5.26 Å². The second-order valence-electron chi connectivity index (χ2n) is 5.61. The predicted octanol–water partition coefficient (Wildman–Crippen LogP) is 5.13. The van der Waals surface area contributed by atoms with Gasteiger partial charge in [-0.25, -0.2) is 0 Å². The third-order valence-electron chi connectivity index (χ3n) is 4.25. The Balaban J connectivity index is 2.28. The van der Waals surface area contributed by atoms with E-state index in [4.69, 9.17) is 5.26 Å². The highest BCUT2D eigenvalue weighted by atomic mass is 14.4. The van der Waals surface area contributed by atoms with Crippen LogP contribution in [0.2, 0.25) is 0 Å². The molecule has 1 saturated carbocycles. The molecule has 1 radical (unpaired) electrons. The summed E-state index contributed by atoms with van der Waals surface area (Å²) >= 11 is 0. The van der Waals surface area contributed by atoms with Crippen molar-refractivity contribution in [1.82, 2.24) is 0 Å². The lowest BCUT2D eigenvalue weighted by Gasteiger charge is -2.25. The summed E-state index contributed by atoms with van der Waals surface area (Å²) < 4.78 is 0. The second kappa shape index (κ2) is 8.56. The third-order valence-corrected chi connectivity index (χ3v) is 4.25. The Morgan fingerprint density at radius 2 is 2.06 bits per heavy atom. The van der Waals surface area contributed by atoms with Gasteiger partial charge in [0.2, 0.25) is 0 Å². The molecule has 1 heteroatoms. The lowest BCUT2D eigenvalue weighted by atomic mass is 9.78. The van der Waals surface area contributed by atoms with E-state index in [1.54, 1.807) is 0 Å². The Morgan fingerprint density at radius 1 is 1.29 bits per heavy atom. The summed E-state index contributed by atoms with van der Waals surface area (Å²) in [4.78, 5) is 0. The normalized spacial score (nSPS) is 20.1. The van der Waals surface area contributed by atoms with Crippen molar-refractivity contribution in [2.24, 2.45) is 17.8 Å². The van der Waals surface area contributed by atoms with Crippen LogP contribution < -0.4 is 0 Å². The molecule has 0 aromatic heterocycles. The van der Waals surface area contributed by atoms with Gasteiger partial charge in [-0.3, -0.25) is 0 Å². The third kappa shape index (κ3) is 5.11. The van der Waals surface area contributed by atoms with E-state index in [0.29, 0.717) is 5.92 Å². The average Bonchev–Trinajstić information content (AvgIpc) is 2.86. The summed E-state index contributed by atoms with van der Waals surface area (Å²) in [7, 11) is 0. The van der Waals surface area contributed by atoms with Crippen LogP contribution >= 0.6 is 0 Å². The lowest BCUT2D eigenvalue weighted by Crippen LogP contribution is -2.19. The molecule has 1 rings (SSSR count). The summed E-state index contributed by atoms with van der Waals surface area (Å²) in [5.41, 5.74) is 0. The highest BCUT2D eigenvalue weighted by Gasteiger charge is 2.28. The monoisotopic (exact) mass is 234 g/mol. The van der Waals surface area contributed by atoms with E-state index >= 15 is 0 Å². The minimum absolute atomic E-state index is 0.237. The van der Waals surface area contributed by atoms with Gasteiger partial charge < -0.3 is 0 Å². The molecule has 1 aliphatic rings. The molecule has 1 aliphatic carbocycles. The van der Waals surface area contributed by atoms with Gasteiger partial charge in [-0.05, 0) is 44.4 Å². The maximum Gasteiger partial charge on any atom is 0.0655 e. The predicted molar refractivity (Wildman–Crippen MR) is 73.3 cm³/mol. The molecule has 0 bridgehead atoms. The Morgan fingerprint density at radius 3 is 2.65 bits per heavy atom. The van der Waals surface area contributed by atoms with Gasteiger partial charge in [-0.15, -0.1) is 0 Å². The molecule has 0 saturated heterocycles. The fraction of sp³-hybridized carbons (Fsp3) is 0.875. The molecule has 0 aliphatic heterocycles. The van der Waals surface area contributed by atoms with Crippen LogP contribution in [0.1, 0.15) is 71.6 Å². The van der Waals surface area contributed by atoms with E-state index in [2.05, 4.69) is 26.3 Å². The minimum atomic E-state index is 0.237. The summed E-state index contributed by atoms with van der Waals surface area (Å²) in [6.07, 6.45) is 14.4. The molecule has 3 unspecified atom stereocenters. The number of nitriles is 1. The van der Waals surface area contributed by atoms with Gasteiger partial charge >= 0.3 is 0 Å². The molecular formula is C16H28N. The number of nitrogens with zero attached hydrogens (tertiary/aromatic N) is 1. The van der Waals surface area contributed by atoms with Gasteiger partial charge in [-0.2, -0.15) is 5.26 Å². The van der Waals surface area contributed by atoms with Crippen molar-refractivity contribution in [3.05, 3.63) is 6.42 Å². The van der Waals surface area contributed by atoms with Crippen LogP contribution in [0.3, 0.4) is 0 Å². The molecule has 17 heavy (non-hydrogen) atoms. The van der Waals surface area contributed by atoms with Gasteiger partial charge in [-0.1, -0.05) is 45.4 Å². The molecule has 0 N–H and O–H groups in total. The van der Waals surface area contributed by atoms with Crippen molar-refractivity contribution in [3.8, 4) is 6.07 Å². The molecule has 1 fully saturated rings. The van der Waals surface area contributed by atoms with Gasteiger partial charge in [0.05, 0.1) is 6.07 Å². The van der Waals surface area contributed by atoms with Crippen molar-refractivity contribution in [3.63, 3.8) is 0 Å². The van der Waals surface area contributed by atoms with E-state index in [1.165, 1.54) is 57.8 Å². The maximum atomic E-state index is 9.14. The van der Waals surface area contributed by atoms with Crippen LogP contribution in [0.25, 0.3) is 0 Å². The zero-order chi connectivity index (χ0) is 12.5. The first kappa shape index (κ1) is 14.6. The lowest BCUT2D eigenvalue weighted by molar-refractivity contribution is 0.286. The zero-order valence-corrected chi connectivity index (χ0v) is 11.6. The first-order chi connectivity index (χ1) is 8.29. The highest BCUT2D eigenvalue weighted by molar-refractivity contribution is 4.95. The SMILES string of the molecule is CCCCCCCC(C(C)C#N)C1[CH]CCC1. The quantitative estimate of drug-likeness (QED) is 0.534. The van der Waals surface area contributed by atoms with Gasteiger partial charge in [0.1, 0.15) is 0 Å². The molecule has 0 amide bonds. The van der Waals surface area contributed by atoms with Crippen LogP contribution in [-0.2, 0) is 0 Å². The minimum Gasteiger partial charge on any atom is -0.198 e. The van der Waals surface area contributed by atoms with Crippen LogP contribution in [0, 0.1) is 35.5 Å². The number of hydrogen-bond donors (Lipinski definition) is 0. The van der Waals surface area contributed by atoms with Gasteiger partial charge in [0, 0.05) is 5.92 Å². The number of hydrogen-bond acceptors (Lipinski definition) is 1. The molecular weight excluding hydrogens is 206 g/mol. The summed E-state index contributed by atoms with van der Waals surface area (Å²) in [6.45, 7) is 4.37. The molecule has 3 atom stereocenters. The van der Waals surface area contributed by atoms with Crippen molar-refractivity contribution >= 4 is 0 Å². The van der Waals surface area contributed by atoms with E-state index in [9.17, 15) is 0 Å². The van der Waals surface area contributed by atoms with Crippen LogP contribution in [0.15, 0.2) is 0 Å². The number of rotatable bonds is 8. The molecule has 0 aromatic rings. The molecule has 97 valence electrons. The van der Waals surface area contributed by atoms with Crippen molar-refractivity contribution in [2.45, 2.75) is 71.6 Å². The fourth-order valence-corrected chi connectivity index (χ4v) is 3.11. The topological polar surface area (TPSA) is 23.8 Å². The molecule has 0 spiro atoms. The number of unbranched alkanes of at least 4 members (excludes halogenated alkanes) is 4. The average molecular weight is 234 g/mol. The second-order valence-corrected chi connectivity index (χ2v) is 5.61. The van der Waals surface area contributed by atoms with Crippen LogP contribution in [0.4, 0.5) is 0 Å². The molecule has 0 aromatic carbocycles. The van der Waals surface area contributed by atoms with Crippen molar-refractivity contribution < 1.29 is 0 Å². The Bertz CT molecular complexity index is 222. The molecule has 0 heterocycles. The summed E-state index contributed by atoms with van der Waals surface area (Å²) in [5.74, 6) is 1.60. The van der Waals surface area contributed by atoms with E-state index in [0.717, 1.165) is 5.92 Å². The van der Waals surface area contributed by atoms with Gasteiger partial charge in [0.15, 0.2) is 0 Å². The summed E-state index contributed by atoms with van der Waals surface area (Å²) in [6, 6.07) is 2.47. The van der Waals surface area contributed by atoms with Crippen molar-refractivity contribution in [2.75, 3.05) is 0 Å². The van der Waals surface area contributed by atoms with E-state index in [1.807, 2.05) is 0 Å². The Hall–Kier alpha value is -0.510. The standard InChI is InChI=1S/C16H28N/c1-3-4-5-6-7-12-16(14(2)13-17)15-10-8-9-11-15/h10,14-16H,3-9,11-12H2,1-2H3. The Kier molecular flexibility index (Phi) is 7.33. The zero-order valence-electron chi connectivity index (χ0n) is 11.6. The van der Waals surface area contributed by atoms with Crippen LogP contribution in [0.5, 0.6) is 0 Å². The van der Waals surface area contributed by atoms with Crippen LogP contribution in [-0.4, -0.2) is 0 Å². The largest absolute Gasteiger partial charge is 0.198 e. The first-order valence-electron chi connectivity index (χ1n) is 7.52. The first-order valence-corrected chi connectivity index (χ1v) is 7.52. The maximum absolute atomic E-state index is 9.14. The molecule has 1 nitrogen and oxygen atoms in total. The van der Waals surface area contributed by atoms with Gasteiger partial charge in [0.25, 0.3) is 0 Å². The van der Waals surface area contributed by atoms with E-state index in [-0.39, 0.29) is 5.92 Å². The smallest absolute Gasteiger partial charge is 0.0655 e. The summed E-state index contributed by atoms with van der Waals surface area (Å²) in [5, 5.41) is 9.14.